The zero-order valence-electron chi connectivity index (χ0n) is 9.65. The maximum absolute atomic E-state index is 12.6. The van der Waals surface area contributed by atoms with Gasteiger partial charge in [0.1, 0.15) is 11.7 Å². The lowest BCUT2D eigenvalue weighted by atomic mass is 10.1. The van der Waals surface area contributed by atoms with Crippen LogP contribution in [0.5, 0.6) is 0 Å². The summed E-state index contributed by atoms with van der Waals surface area (Å²) >= 11 is 0.764. The summed E-state index contributed by atoms with van der Waals surface area (Å²) in [7, 11) is 0. The molecule has 1 aromatic rings. The van der Waals surface area contributed by atoms with E-state index < -0.39 is 23.7 Å². The third-order valence-electron chi connectivity index (χ3n) is 2.25. The molecule has 0 fully saturated rings. The number of nitrogens with two attached hydrogens (primary N) is 1. The van der Waals surface area contributed by atoms with Crippen molar-refractivity contribution in [3.63, 3.8) is 0 Å². The van der Waals surface area contributed by atoms with E-state index in [0.717, 1.165) is 11.8 Å². The van der Waals surface area contributed by atoms with Gasteiger partial charge in [0.25, 0.3) is 5.22 Å². The van der Waals surface area contributed by atoms with Crippen LogP contribution in [-0.2, 0) is 0 Å². The Balaban J connectivity index is 2.74. The van der Waals surface area contributed by atoms with Gasteiger partial charge >= 0.3 is 6.18 Å². The fraction of sp³-hybridized carbons (Fsp3) is 0.556. The molecule has 0 aliphatic rings. The zero-order valence-corrected chi connectivity index (χ0v) is 10.5. The van der Waals surface area contributed by atoms with E-state index in [1.807, 2.05) is 0 Å². The highest BCUT2D eigenvalue weighted by Gasteiger charge is 2.43. The second-order valence-electron chi connectivity index (χ2n) is 3.55. The van der Waals surface area contributed by atoms with Crippen molar-refractivity contribution in [3.8, 4) is 0 Å². The van der Waals surface area contributed by atoms with Crippen LogP contribution in [0.15, 0.2) is 14.8 Å². The van der Waals surface area contributed by atoms with Crippen molar-refractivity contribution in [2.45, 2.75) is 25.2 Å². The van der Waals surface area contributed by atoms with Crippen LogP contribution in [-0.4, -0.2) is 28.0 Å². The van der Waals surface area contributed by atoms with Crippen molar-refractivity contribution < 1.29 is 22.8 Å². The van der Waals surface area contributed by atoms with Gasteiger partial charge in [-0.1, -0.05) is 16.9 Å². The van der Waals surface area contributed by atoms with E-state index in [-0.39, 0.29) is 5.22 Å². The van der Waals surface area contributed by atoms with Gasteiger partial charge in [-0.2, -0.15) is 13.2 Å². The molecule has 0 amide bonds. The SMILES string of the molecule is Cc1nc(SCC(C(N)=NO)C(F)(F)F)oc1C. The molecule has 3 N–H and O–H groups in total. The summed E-state index contributed by atoms with van der Waals surface area (Å²) in [4.78, 5) is 3.94. The third-order valence-corrected chi connectivity index (χ3v) is 3.17. The molecule has 1 aromatic heterocycles. The van der Waals surface area contributed by atoms with Gasteiger partial charge in [0.15, 0.2) is 5.84 Å². The van der Waals surface area contributed by atoms with Gasteiger partial charge in [0.2, 0.25) is 0 Å². The van der Waals surface area contributed by atoms with Crippen molar-refractivity contribution in [2.24, 2.45) is 16.8 Å². The predicted octanol–water partition coefficient (Wildman–Crippen LogP) is 2.31. The molecular weight excluding hydrogens is 271 g/mol. The molecule has 0 aliphatic carbocycles. The van der Waals surface area contributed by atoms with Crippen LogP contribution in [0.4, 0.5) is 13.2 Å². The fourth-order valence-corrected chi connectivity index (χ4v) is 2.13. The molecular formula is C9H12F3N3O2S. The number of thioether (sulfide) groups is 1. The second-order valence-corrected chi connectivity index (χ2v) is 4.52. The minimum atomic E-state index is -4.58. The highest BCUT2D eigenvalue weighted by Crippen LogP contribution is 2.32. The summed E-state index contributed by atoms with van der Waals surface area (Å²) in [5.74, 6) is -2.83. The summed E-state index contributed by atoms with van der Waals surface area (Å²) in [6.07, 6.45) is -4.58. The summed E-state index contributed by atoms with van der Waals surface area (Å²) < 4.78 is 43.0. The molecule has 0 bridgehead atoms. The molecule has 1 atom stereocenters. The Morgan fingerprint density at radius 1 is 1.56 bits per heavy atom. The highest BCUT2D eigenvalue weighted by molar-refractivity contribution is 7.99. The first-order chi connectivity index (χ1) is 8.25. The molecule has 1 rings (SSSR count). The van der Waals surface area contributed by atoms with E-state index in [9.17, 15) is 13.2 Å². The number of oxazole rings is 1. The maximum atomic E-state index is 12.6. The smallest absolute Gasteiger partial charge is 0.399 e. The summed E-state index contributed by atoms with van der Waals surface area (Å²) in [6.45, 7) is 3.35. The van der Waals surface area contributed by atoms with Crippen molar-refractivity contribution >= 4 is 17.6 Å². The Labute approximate surface area is 105 Å². The molecule has 102 valence electrons. The summed E-state index contributed by atoms with van der Waals surface area (Å²) in [5, 5.41) is 10.9. The van der Waals surface area contributed by atoms with E-state index in [1.165, 1.54) is 0 Å². The molecule has 0 spiro atoms. The molecule has 1 heterocycles. The van der Waals surface area contributed by atoms with E-state index in [2.05, 4.69) is 10.1 Å². The minimum absolute atomic E-state index is 0.130. The standard InChI is InChI=1S/C9H12F3N3O2S/c1-4-5(2)17-8(14-4)18-3-6(7(13)15-16)9(10,11)12/h6,16H,3H2,1-2H3,(H2,13,15). The second kappa shape index (κ2) is 5.51. The first kappa shape index (κ1) is 14.7. The van der Waals surface area contributed by atoms with Crippen LogP contribution >= 0.6 is 11.8 Å². The van der Waals surface area contributed by atoms with Gasteiger partial charge in [0.05, 0.1) is 5.69 Å². The lowest BCUT2D eigenvalue weighted by Crippen LogP contribution is -2.37. The number of aryl methyl sites for hydroxylation is 2. The Morgan fingerprint density at radius 2 is 2.17 bits per heavy atom. The minimum Gasteiger partial charge on any atom is -0.437 e. The Bertz CT molecular complexity index is 425. The zero-order chi connectivity index (χ0) is 13.9. The van der Waals surface area contributed by atoms with Gasteiger partial charge in [0, 0.05) is 5.75 Å². The molecule has 5 nitrogen and oxygen atoms in total. The number of nitrogens with zero attached hydrogens (tertiary/aromatic N) is 2. The molecule has 18 heavy (non-hydrogen) atoms. The number of alkyl halides is 3. The van der Waals surface area contributed by atoms with Crippen molar-refractivity contribution in [1.29, 1.82) is 0 Å². The van der Waals surface area contributed by atoms with Gasteiger partial charge < -0.3 is 15.4 Å². The first-order valence-electron chi connectivity index (χ1n) is 4.86. The molecule has 0 aromatic carbocycles. The molecule has 0 radical (unpaired) electrons. The Kier molecular flexibility index (Phi) is 4.49. The van der Waals surface area contributed by atoms with Crippen LogP contribution < -0.4 is 5.73 Å². The van der Waals surface area contributed by atoms with Crippen molar-refractivity contribution in [1.82, 2.24) is 4.98 Å². The number of halogens is 3. The summed E-state index contributed by atoms with van der Waals surface area (Å²) in [6, 6.07) is 0. The topological polar surface area (TPSA) is 84.6 Å². The third kappa shape index (κ3) is 3.56. The van der Waals surface area contributed by atoms with Gasteiger partial charge in [-0.25, -0.2) is 4.98 Å². The van der Waals surface area contributed by atoms with Crippen molar-refractivity contribution in [2.75, 3.05) is 5.75 Å². The molecule has 9 heteroatoms. The van der Waals surface area contributed by atoms with Crippen LogP contribution in [0.1, 0.15) is 11.5 Å². The number of hydrogen-bond donors (Lipinski definition) is 2. The van der Waals surface area contributed by atoms with Gasteiger partial charge in [-0.3, -0.25) is 0 Å². The van der Waals surface area contributed by atoms with E-state index >= 15 is 0 Å². The van der Waals surface area contributed by atoms with E-state index in [0.29, 0.717) is 11.5 Å². The van der Waals surface area contributed by atoms with Gasteiger partial charge in [-0.05, 0) is 13.8 Å². The lowest BCUT2D eigenvalue weighted by Gasteiger charge is -2.17. The number of hydrogen-bond acceptors (Lipinski definition) is 5. The van der Waals surface area contributed by atoms with Gasteiger partial charge in [-0.15, -0.1) is 0 Å². The highest BCUT2D eigenvalue weighted by atomic mass is 32.2. The summed E-state index contributed by atoms with van der Waals surface area (Å²) in [5.41, 5.74) is 5.63. The normalized spacial score (nSPS) is 14.8. The quantitative estimate of drug-likeness (QED) is 0.291. The first-order valence-corrected chi connectivity index (χ1v) is 5.85. The number of oxime groups is 1. The fourth-order valence-electron chi connectivity index (χ4n) is 1.08. The number of amidine groups is 1. The van der Waals surface area contributed by atoms with Crippen LogP contribution in [0, 0.1) is 19.8 Å². The van der Waals surface area contributed by atoms with Crippen LogP contribution in [0.3, 0.4) is 0 Å². The average Bonchev–Trinajstić information content (AvgIpc) is 2.56. The van der Waals surface area contributed by atoms with Crippen LogP contribution in [0.2, 0.25) is 0 Å². The molecule has 0 saturated heterocycles. The Hall–Kier alpha value is -1.38. The predicted molar refractivity (Wildman–Crippen MR) is 59.7 cm³/mol. The Morgan fingerprint density at radius 3 is 2.56 bits per heavy atom. The van der Waals surface area contributed by atoms with Crippen molar-refractivity contribution in [3.05, 3.63) is 11.5 Å². The van der Waals surface area contributed by atoms with E-state index in [1.54, 1.807) is 13.8 Å². The largest absolute Gasteiger partial charge is 0.437 e. The number of aromatic nitrogens is 1. The average molecular weight is 283 g/mol. The van der Waals surface area contributed by atoms with Crippen LogP contribution in [0.25, 0.3) is 0 Å². The number of rotatable bonds is 4. The molecule has 1 unspecified atom stereocenters. The lowest BCUT2D eigenvalue weighted by molar-refractivity contribution is -0.150. The van der Waals surface area contributed by atoms with E-state index in [4.69, 9.17) is 15.4 Å². The monoisotopic (exact) mass is 283 g/mol. The maximum Gasteiger partial charge on any atom is 0.399 e. The molecule has 0 saturated carbocycles. The molecule has 0 aliphatic heterocycles.